The molecular formula is C32H34Cl2FNO. The van der Waals surface area contributed by atoms with Crippen LogP contribution < -0.4 is 0 Å². The number of halogens is 3. The average Bonchev–Trinajstić information content (AvgIpc) is 3.07. The quantitative estimate of drug-likeness (QED) is 0.270. The molecule has 0 amide bonds. The van der Waals surface area contributed by atoms with Gasteiger partial charge in [0.25, 0.3) is 0 Å². The van der Waals surface area contributed by atoms with Crippen molar-refractivity contribution in [1.29, 1.82) is 0 Å². The number of hydrogen-bond acceptors (Lipinski definition) is 2. The smallest absolute Gasteiger partial charge is 0.0906 e. The lowest BCUT2D eigenvalue weighted by Gasteiger charge is -2.43. The molecule has 3 aromatic carbocycles. The van der Waals surface area contributed by atoms with Gasteiger partial charge >= 0.3 is 0 Å². The molecule has 1 unspecified atom stereocenters. The van der Waals surface area contributed by atoms with Crippen molar-refractivity contribution in [3.05, 3.63) is 105 Å². The summed E-state index contributed by atoms with van der Waals surface area (Å²) in [7, 11) is 0. The van der Waals surface area contributed by atoms with Crippen LogP contribution in [0.3, 0.4) is 0 Å². The fraction of sp³-hybridized carbons (Fsp3) is 0.375. The monoisotopic (exact) mass is 537 g/mol. The summed E-state index contributed by atoms with van der Waals surface area (Å²) in [5, 5.41) is 1.34. The van der Waals surface area contributed by atoms with Crippen molar-refractivity contribution in [2.45, 2.75) is 38.7 Å². The van der Waals surface area contributed by atoms with Crippen LogP contribution in [-0.2, 0) is 11.2 Å². The van der Waals surface area contributed by atoms with Crippen molar-refractivity contribution in [2.24, 2.45) is 5.92 Å². The summed E-state index contributed by atoms with van der Waals surface area (Å²) in [6, 6.07) is 23.5. The number of allylic oxidation sites excluding steroid dienone is 1. The molecule has 5 rings (SSSR count). The third-order valence-corrected chi connectivity index (χ3v) is 8.16. The first kappa shape index (κ1) is 26.4. The van der Waals surface area contributed by atoms with E-state index in [1.165, 1.54) is 33.4 Å². The fourth-order valence-corrected chi connectivity index (χ4v) is 6.37. The lowest BCUT2D eigenvalue weighted by atomic mass is 9.85. The van der Waals surface area contributed by atoms with E-state index >= 15 is 0 Å². The minimum atomic E-state index is -0.250. The highest BCUT2D eigenvalue weighted by molar-refractivity contribution is 6.36. The molecule has 1 heterocycles. The molecule has 1 aliphatic heterocycles. The molecule has 0 aromatic heterocycles. The standard InChI is InChI=1S/C32H34Cl2FNO/c1-2-37-32(25-20-36(21-25)18-6-17-35)24-13-11-23(12-14-24)31-27-9-4-3-7-22(27)8-5-10-29(31)28-16-15-26(33)19-30(28)34/h3-4,7,9,11-16,19,25,32H,2,5-6,8,10,17-18,20-21H2,1H3. The molecule has 0 bridgehead atoms. The molecule has 5 heteroatoms. The van der Waals surface area contributed by atoms with Crippen LogP contribution in [0.15, 0.2) is 66.7 Å². The van der Waals surface area contributed by atoms with Crippen LogP contribution in [-0.4, -0.2) is 37.8 Å². The van der Waals surface area contributed by atoms with E-state index in [4.69, 9.17) is 27.9 Å². The van der Waals surface area contributed by atoms with E-state index in [2.05, 4.69) is 66.4 Å². The van der Waals surface area contributed by atoms with E-state index in [1.807, 2.05) is 12.1 Å². The van der Waals surface area contributed by atoms with Crippen molar-refractivity contribution >= 4 is 34.3 Å². The van der Waals surface area contributed by atoms with Gasteiger partial charge in [0.05, 0.1) is 12.8 Å². The number of ether oxygens (including phenoxy) is 1. The normalized spacial score (nSPS) is 17.3. The Labute approximate surface area is 230 Å². The molecule has 3 aromatic rings. The minimum absolute atomic E-state index is 0.0567. The largest absolute Gasteiger partial charge is 0.373 e. The van der Waals surface area contributed by atoms with Crippen molar-refractivity contribution in [1.82, 2.24) is 4.90 Å². The minimum Gasteiger partial charge on any atom is -0.373 e. The molecule has 0 N–H and O–H groups in total. The van der Waals surface area contributed by atoms with Crippen molar-refractivity contribution in [3.8, 4) is 0 Å². The van der Waals surface area contributed by atoms with Gasteiger partial charge in [-0.2, -0.15) is 0 Å². The van der Waals surface area contributed by atoms with Gasteiger partial charge in [0.15, 0.2) is 0 Å². The van der Waals surface area contributed by atoms with Gasteiger partial charge < -0.3 is 9.64 Å². The predicted molar refractivity (Wildman–Crippen MR) is 153 cm³/mol. The molecule has 194 valence electrons. The number of nitrogens with zero attached hydrogens (tertiary/aromatic N) is 1. The van der Waals surface area contributed by atoms with Crippen LogP contribution in [0.4, 0.5) is 4.39 Å². The molecule has 0 spiro atoms. The van der Waals surface area contributed by atoms with Gasteiger partial charge in [-0.3, -0.25) is 4.39 Å². The molecule has 37 heavy (non-hydrogen) atoms. The summed E-state index contributed by atoms with van der Waals surface area (Å²) in [6.07, 6.45) is 3.73. The van der Waals surface area contributed by atoms with E-state index < -0.39 is 0 Å². The van der Waals surface area contributed by atoms with Gasteiger partial charge in [-0.05, 0) is 83.7 Å². The zero-order valence-corrected chi connectivity index (χ0v) is 22.9. The summed E-state index contributed by atoms with van der Waals surface area (Å²) < 4.78 is 18.8. The summed E-state index contributed by atoms with van der Waals surface area (Å²) in [4.78, 5) is 2.32. The zero-order valence-electron chi connectivity index (χ0n) is 21.4. The Bertz CT molecular complexity index is 1250. The average molecular weight is 539 g/mol. The highest BCUT2D eigenvalue weighted by atomic mass is 35.5. The molecule has 0 radical (unpaired) electrons. The van der Waals surface area contributed by atoms with Crippen LogP contribution >= 0.6 is 23.2 Å². The molecule has 1 fully saturated rings. The molecule has 1 atom stereocenters. The number of benzene rings is 3. The maximum atomic E-state index is 12.6. The Kier molecular flexibility index (Phi) is 8.67. The maximum Gasteiger partial charge on any atom is 0.0906 e. The van der Waals surface area contributed by atoms with Crippen LogP contribution in [0, 0.1) is 5.92 Å². The fourth-order valence-electron chi connectivity index (χ4n) is 5.85. The molecule has 1 saturated heterocycles. The van der Waals surface area contributed by atoms with Crippen molar-refractivity contribution in [3.63, 3.8) is 0 Å². The lowest BCUT2D eigenvalue weighted by Crippen LogP contribution is -2.50. The van der Waals surface area contributed by atoms with Crippen LogP contribution in [0.5, 0.6) is 0 Å². The second-order valence-electron chi connectivity index (χ2n) is 10.0. The number of likely N-dealkylation sites (tertiary alicyclic amines) is 1. The second-order valence-corrected chi connectivity index (χ2v) is 10.9. The third kappa shape index (κ3) is 5.81. The lowest BCUT2D eigenvalue weighted by molar-refractivity contribution is -0.0484. The van der Waals surface area contributed by atoms with Gasteiger partial charge in [0.1, 0.15) is 0 Å². The zero-order chi connectivity index (χ0) is 25.8. The van der Waals surface area contributed by atoms with Gasteiger partial charge in [-0.1, -0.05) is 77.8 Å². The first-order valence-electron chi connectivity index (χ1n) is 13.4. The summed E-state index contributed by atoms with van der Waals surface area (Å²) in [6.45, 7) is 5.23. The van der Waals surface area contributed by atoms with Crippen LogP contribution in [0.25, 0.3) is 11.1 Å². The van der Waals surface area contributed by atoms with E-state index in [9.17, 15) is 4.39 Å². The number of fused-ring (bicyclic) bond motifs is 1. The van der Waals surface area contributed by atoms with Gasteiger partial charge in [-0.25, -0.2) is 0 Å². The van der Waals surface area contributed by atoms with Crippen LogP contribution in [0.2, 0.25) is 10.0 Å². The molecule has 2 aliphatic rings. The third-order valence-electron chi connectivity index (χ3n) is 7.61. The van der Waals surface area contributed by atoms with Crippen LogP contribution in [0.1, 0.15) is 60.1 Å². The maximum absolute atomic E-state index is 12.6. The van der Waals surface area contributed by atoms with Crippen molar-refractivity contribution < 1.29 is 9.13 Å². The number of rotatable bonds is 9. The highest BCUT2D eigenvalue weighted by Gasteiger charge is 2.34. The van der Waals surface area contributed by atoms with E-state index in [1.54, 1.807) is 0 Å². The first-order valence-corrected chi connectivity index (χ1v) is 14.1. The molecular weight excluding hydrogens is 504 g/mol. The number of alkyl halides is 1. The van der Waals surface area contributed by atoms with E-state index in [-0.39, 0.29) is 12.8 Å². The Morgan fingerprint density at radius 1 is 0.973 bits per heavy atom. The van der Waals surface area contributed by atoms with E-state index in [0.29, 0.717) is 29.0 Å². The Morgan fingerprint density at radius 3 is 2.49 bits per heavy atom. The van der Waals surface area contributed by atoms with Crippen molar-refractivity contribution in [2.75, 3.05) is 32.9 Å². The summed E-state index contributed by atoms with van der Waals surface area (Å²) in [5.74, 6) is 0.437. The van der Waals surface area contributed by atoms with Gasteiger partial charge in [-0.15, -0.1) is 0 Å². The number of hydrogen-bond donors (Lipinski definition) is 0. The highest BCUT2D eigenvalue weighted by Crippen LogP contribution is 2.43. The Morgan fingerprint density at radius 2 is 1.76 bits per heavy atom. The van der Waals surface area contributed by atoms with Gasteiger partial charge in [0.2, 0.25) is 0 Å². The molecule has 2 nitrogen and oxygen atoms in total. The topological polar surface area (TPSA) is 12.5 Å². The molecule has 1 aliphatic carbocycles. The summed E-state index contributed by atoms with van der Waals surface area (Å²) in [5.41, 5.74) is 8.61. The Hall–Kier alpha value is -2.17. The second kappa shape index (κ2) is 12.1. The number of aryl methyl sites for hydroxylation is 1. The first-order chi connectivity index (χ1) is 18.1. The van der Waals surface area contributed by atoms with Gasteiger partial charge in [0, 0.05) is 42.2 Å². The predicted octanol–water partition coefficient (Wildman–Crippen LogP) is 8.66. The SMILES string of the molecule is CCOC(c1ccc(C2=C(c3ccc(Cl)cc3Cl)CCCc3ccccc32)cc1)C1CN(CCCF)C1. The Balaban J connectivity index is 1.51. The molecule has 0 saturated carbocycles. The summed E-state index contributed by atoms with van der Waals surface area (Å²) >= 11 is 13.0. The van der Waals surface area contributed by atoms with E-state index in [0.717, 1.165) is 44.5 Å².